The second kappa shape index (κ2) is 7.64. The number of rotatable bonds is 4. The maximum absolute atomic E-state index is 12.8. The van der Waals surface area contributed by atoms with Gasteiger partial charge in [-0.25, -0.2) is 9.36 Å². The predicted octanol–water partition coefficient (Wildman–Crippen LogP) is 4.55. The Balaban J connectivity index is 1.87. The van der Waals surface area contributed by atoms with E-state index in [0.29, 0.717) is 6.54 Å². The van der Waals surface area contributed by atoms with E-state index < -0.39 is 5.60 Å². The first-order valence-electron chi connectivity index (χ1n) is 9.95. The molecular weight excluding hydrogens is 340 g/mol. The summed E-state index contributed by atoms with van der Waals surface area (Å²) in [5.41, 5.74) is 2.44. The minimum Gasteiger partial charge on any atom is -0.443 e. The summed E-state index contributed by atoms with van der Waals surface area (Å²) in [6.45, 7) is 10.5. The minimum atomic E-state index is -0.534. The van der Waals surface area contributed by atoms with Gasteiger partial charge in [-0.15, -0.1) is 0 Å². The van der Waals surface area contributed by atoms with E-state index in [1.54, 1.807) is 4.57 Å². The fourth-order valence-electron chi connectivity index (χ4n) is 3.76. The topological polar surface area (TPSA) is 63.5 Å². The molecule has 0 amide bonds. The zero-order valence-electron chi connectivity index (χ0n) is 17.1. The molecule has 5 heteroatoms. The van der Waals surface area contributed by atoms with Crippen molar-refractivity contribution >= 4 is 17.0 Å². The molecule has 1 aliphatic rings. The van der Waals surface area contributed by atoms with Crippen molar-refractivity contribution in [1.29, 1.82) is 0 Å². The largest absolute Gasteiger partial charge is 0.443 e. The number of aliphatic hydroxyl groups excluding tert-OH is 1. The van der Waals surface area contributed by atoms with Crippen LogP contribution in [0.4, 0.5) is 4.79 Å². The first kappa shape index (κ1) is 19.9. The summed E-state index contributed by atoms with van der Waals surface area (Å²) in [7, 11) is 0. The van der Waals surface area contributed by atoms with Crippen LogP contribution in [0.25, 0.3) is 10.9 Å². The lowest BCUT2D eigenvalue weighted by atomic mass is 10.1. The summed E-state index contributed by atoms with van der Waals surface area (Å²) in [6.07, 6.45) is 2.41. The molecule has 0 radical (unpaired) electrons. The molecule has 2 atom stereocenters. The van der Waals surface area contributed by atoms with Gasteiger partial charge in [0, 0.05) is 23.7 Å². The van der Waals surface area contributed by atoms with Gasteiger partial charge >= 0.3 is 6.09 Å². The number of hydrogen-bond donors (Lipinski definition) is 2. The van der Waals surface area contributed by atoms with E-state index in [1.807, 2.05) is 32.9 Å². The number of hydrogen-bond acceptors (Lipinski definition) is 4. The zero-order chi connectivity index (χ0) is 19.8. The van der Waals surface area contributed by atoms with Crippen LogP contribution in [0.5, 0.6) is 0 Å². The van der Waals surface area contributed by atoms with Gasteiger partial charge < -0.3 is 15.2 Å². The SMILES string of the molecule is CC(C)c1cc2cc(CN[C@@H]3CCC[C@H]3O)ccc2n1C(=O)OC(C)(C)C. The van der Waals surface area contributed by atoms with E-state index >= 15 is 0 Å². The van der Waals surface area contributed by atoms with Gasteiger partial charge in [-0.1, -0.05) is 19.9 Å². The molecule has 1 aromatic carbocycles. The van der Waals surface area contributed by atoms with Gasteiger partial charge in [-0.05, 0) is 69.7 Å². The summed E-state index contributed by atoms with van der Waals surface area (Å²) in [4.78, 5) is 12.8. The molecule has 1 heterocycles. The van der Waals surface area contributed by atoms with Crippen LogP contribution < -0.4 is 5.32 Å². The molecule has 5 nitrogen and oxygen atoms in total. The van der Waals surface area contributed by atoms with Crippen LogP contribution in [0.1, 0.15) is 71.1 Å². The van der Waals surface area contributed by atoms with Crippen LogP contribution in [-0.2, 0) is 11.3 Å². The monoisotopic (exact) mass is 372 g/mol. The third-order valence-electron chi connectivity index (χ3n) is 5.11. The van der Waals surface area contributed by atoms with E-state index in [1.165, 1.54) is 0 Å². The maximum Gasteiger partial charge on any atom is 0.419 e. The molecule has 0 bridgehead atoms. The molecule has 2 aromatic rings. The molecule has 1 aromatic heterocycles. The first-order valence-corrected chi connectivity index (χ1v) is 9.95. The van der Waals surface area contributed by atoms with Crippen LogP contribution in [0.15, 0.2) is 24.3 Å². The summed E-state index contributed by atoms with van der Waals surface area (Å²) in [5, 5.41) is 14.5. The Hall–Kier alpha value is -1.85. The number of aromatic nitrogens is 1. The Morgan fingerprint density at radius 3 is 2.63 bits per heavy atom. The molecule has 0 spiro atoms. The molecule has 1 aliphatic carbocycles. The van der Waals surface area contributed by atoms with Crippen molar-refractivity contribution in [3.05, 3.63) is 35.5 Å². The van der Waals surface area contributed by atoms with Crippen LogP contribution in [0.3, 0.4) is 0 Å². The second-order valence-corrected chi connectivity index (χ2v) is 8.92. The average molecular weight is 373 g/mol. The molecule has 148 valence electrons. The molecule has 0 aliphatic heterocycles. The molecule has 27 heavy (non-hydrogen) atoms. The van der Waals surface area contributed by atoms with E-state index in [0.717, 1.165) is 41.4 Å². The van der Waals surface area contributed by atoms with Gasteiger partial charge in [0.1, 0.15) is 5.60 Å². The Morgan fingerprint density at radius 1 is 1.30 bits per heavy atom. The summed E-state index contributed by atoms with van der Waals surface area (Å²) >= 11 is 0. The lowest BCUT2D eigenvalue weighted by Crippen LogP contribution is -2.35. The summed E-state index contributed by atoms with van der Waals surface area (Å²) in [6, 6.07) is 8.42. The number of nitrogens with zero attached hydrogens (tertiary/aromatic N) is 1. The van der Waals surface area contributed by atoms with Gasteiger partial charge in [0.25, 0.3) is 0 Å². The number of fused-ring (bicyclic) bond motifs is 1. The Labute approximate surface area is 161 Å². The molecule has 3 rings (SSSR count). The Morgan fingerprint density at radius 2 is 2.04 bits per heavy atom. The van der Waals surface area contributed by atoms with Crippen LogP contribution in [0.2, 0.25) is 0 Å². The Bertz CT molecular complexity index is 817. The zero-order valence-corrected chi connectivity index (χ0v) is 17.1. The average Bonchev–Trinajstić information content (AvgIpc) is 3.14. The van der Waals surface area contributed by atoms with Crippen molar-refractivity contribution in [3.63, 3.8) is 0 Å². The van der Waals surface area contributed by atoms with E-state index in [9.17, 15) is 9.90 Å². The number of aliphatic hydroxyl groups is 1. The number of ether oxygens (including phenoxy) is 1. The molecule has 1 saturated carbocycles. The summed E-state index contributed by atoms with van der Waals surface area (Å²) < 4.78 is 7.32. The van der Waals surface area contributed by atoms with Gasteiger partial charge in [-0.2, -0.15) is 0 Å². The fourth-order valence-corrected chi connectivity index (χ4v) is 3.76. The molecule has 2 N–H and O–H groups in total. The standard InChI is InChI=1S/C22H32N2O3/c1-14(2)19-12-16-11-15(13-23-17-7-6-8-20(17)25)9-10-18(16)24(19)21(26)27-22(3,4)5/h9-12,14,17,20,23,25H,6-8,13H2,1-5H3/t17-,20-/m1/s1. The van der Waals surface area contributed by atoms with Crippen molar-refractivity contribution in [3.8, 4) is 0 Å². The quantitative estimate of drug-likeness (QED) is 0.826. The molecule has 0 saturated heterocycles. The molecular formula is C22H32N2O3. The lowest BCUT2D eigenvalue weighted by molar-refractivity contribution is 0.0539. The van der Waals surface area contributed by atoms with Crippen molar-refractivity contribution in [2.45, 2.75) is 84.1 Å². The van der Waals surface area contributed by atoms with Crippen molar-refractivity contribution in [2.75, 3.05) is 0 Å². The maximum atomic E-state index is 12.8. The molecule has 1 fully saturated rings. The number of benzene rings is 1. The number of carbonyl (C=O) groups is 1. The highest BCUT2D eigenvalue weighted by molar-refractivity contribution is 5.91. The van der Waals surface area contributed by atoms with Gasteiger partial charge in [0.15, 0.2) is 0 Å². The Kier molecular flexibility index (Phi) is 5.63. The smallest absolute Gasteiger partial charge is 0.419 e. The van der Waals surface area contributed by atoms with Crippen molar-refractivity contribution in [1.82, 2.24) is 9.88 Å². The van der Waals surface area contributed by atoms with Crippen LogP contribution in [-0.4, -0.2) is 33.5 Å². The van der Waals surface area contributed by atoms with Crippen LogP contribution in [0, 0.1) is 0 Å². The fraction of sp³-hybridized carbons (Fsp3) is 0.591. The normalized spacial score (nSPS) is 20.6. The molecule has 0 unspecified atom stereocenters. The van der Waals surface area contributed by atoms with Gasteiger partial charge in [-0.3, -0.25) is 0 Å². The van der Waals surface area contributed by atoms with Crippen molar-refractivity contribution < 1.29 is 14.6 Å². The highest BCUT2D eigenvalue weighted by Crippen LogP contribution is 2.28. The third kappa shape index (κ3) is 4.53. The second-order valence-electron chi connectivity index (χ2n) is 8.92. The van der Waals surface area contributed by atoms with E-state index in [4.69, 9.17) is 4.74 Å². The van der Waals surface area contributed by atoms with Gasteiger partial charge in [0.2, 0.25) is 0 Å². The highest BCUT2D eigenvalue weighted by Gasteiger charge is 2.25. The van der Waals surface area contributed by atoms with E-state index in [2.05, 4.69) is 31.3 Å². The minimum absolute atomic E-state index is 0.179. The van der Waals surface area contributed by atoms with E-state index in [-0.39, 0.29) is 24.2 Å². The number of nitrogens with one attached hydrogen (secondary N) is 1. The highest BCUT2D eigenvalue weighted by atomic mass is 16.6. The number of carbonyl (C=O) groups excluding carboxylic acids is 1. The third-order valence-corrected chi connectivity index (χ3v) is 5.11. The summed E-state index contributed by atoms with van der Waals surface area (Å²) in [5.74, 6) is 0.208. The lowest BCUT2D eigenvalue weighted by Gasteiger charge is -2.21. The predicted molar refractivity (Wildman–Crippen MR) is 108 cm³/mol. The van der Waals surface area contributed by atoms with Crippen LogP contribution >= 0.6 is 0 Å². The van der Waals surface area contributed by atoms with Crippen molar-refractivity contribution in [2.24, 2.45) is 0 Å². The first-order chi connectivity index (χ1) is 12.7. The van der Waals surface area contributed by atoms with Gasteiger partial charge in [0.05, 0.1) is 11.6 Å².